The molecule has 5 nitrogen and oxygen atoms in total. The van der Waals surface area contributed by atoms with E-state index in [9.17, 15) is 0 Å². The summed E-state index contributed by atoms with van der Waals surface area (Å²) in [4.78, 5) is 6.76. The van der Waals surface area contributed by atoms with Gasteiger partial charge in [-0.1, -0.05) is 6.92 Å². The van der Waals surface area contributed by atoms with Gasteiger partial charge in [-0.15, -0.1) is 24.0 Å². The van der Waals surface area contributed by atoms with E-state index in [1.54, 1.807) is 7.11 Å². The molecule has 0 aliphatic rings. The minimum absolute atomic E-state index is 0. The van der Waals surface area contributed by atoms with E-state index in [4.69, 9.17) is 4.74 Å². The maximum absolute atomic E-state index is 5.09. The molecule has 0 saturated heterocycles. The van der Waals surface area contributed by atoms with E-state index in [2.05, 4.69) is 48.3 Å². The first-order chi connectivity index (χ1) is 8.13. The van der Waals surface area contributed by atoms with Gasteiger partial charge < -0.3 is 20.3 Å². The second-order valence-corrected chi connectivity index (χ2v) is 4.16. The SMILES string of the molecule is CCNC(=NCCN(C)CC)NC(C)COC.I. The molecule has 0 aromatic carbocycles. The molecule has 0 aliphatic carbocycles. The molecular weight excluding hydrogens is 343 g/mol. The number of methoxy groups -OCH3 is 1. The van der Waals surface area contributed by atoms with Crippen LogP contribution >= 0.6 is 24.0 Å². The summed E-state index contributed by atoms with van der Waals surface area (Å²) < 4.78 is 5.09. The molecule has 1 atom stereocenters. The van der Waals surface area contributed by atoms with E-state index in [1.807, 2.05) is 0 Å². The highest BCUT2D eigenvalue weighted by atomic mass is 127. The molecule has 0 rings (SSSR count). The van der Waals surface area contributed by atoms with Crippen molar-refractivity contribution in [1.29, 1.82) is 0 Å². The Morgan fingerprint density at radius 2 is 2.06 bits per heavy atom. The van der Waals surface area contributed by atoms with E-state index in [-0.39, 0.29) is 30.0 Å². The van der Waals surface area contributed by atoms with Crippen LogP contribution in [0.4, 0.5) is 0 Å². The van der Waals surface area contributed by atoms with Gasteiger partial charge in [0.25, 0.3) is 0 Å². The van der Waals surface area contributed by atoms with Crippen LogP contribution in [-0.2, 0) is 4.74 Å². The van der Waals surface area contributed by atoms with Gasteiger partial charge in [0, 0.05) is 26.2 Å². The Hall–Kier alpha value is -0.0800. The van der Waals surface area contributed by atoms with Crippen molar-refractivity contribution < 1.29 is 4.74 Å². The van der Waals surface area contributed by atoms with Gasteiger partial charge in [-0.2, -0.15) is 0 Å². The summed E-state index contributed by atoms with van der Waals surface area (Å²) in [5.74, 6) is 0.863. The minimum Gasteiger partial charge on any atom is -0.383 e. The van der Waals surface area contributed by atoms with E-state index in [0.717, 1.165) is 32.1 Å². The molecule has 0 aromatic rings. The molecule has 18 heavy (non-hydrogen) atoms. The average Bonchev–Trinajstić information content (AvgIpc) is 2.29. The number of hydrogen-bond donors (Lipinski definition) is 2. The zero-order valence-corrected chi connectivity index (χ0v) is 14.7. The number of hydrogen-bond acceptors (Lipinski definition) is 3. The number of aliphatic imine (C=N–C) groups is 1. The number of guanidine groups is 1. The number of likely N-dealkylation sites (N-methyl/N-ethyl adjacent to an activating group) is 1. The van der Waals surface area contributed by atoms with Crippen LogP contribution in [0, 0.1) is 0 Å². The van der Waals surface area contributed by atoms with Crippen LogP contribution in [0.5, 0.6) is 0 Å². The van der Waals surface area contributed by atoms with Crippen molar-refractivity contribution >= 4 is 29.9 Å². The number of nitrogens with one attached hydrogen (secondary N) is 2. The van der Waals surface area contributed by atoms with Crippen LogP contribution < -0.4 is 10.6 Å². The predicted octanol–water partition coefficient (Wildman–Crippen LogP) is 1.15. The van der Waals surface area contributed by atoms with Crippen LogP contribution in [0.3, 0.4) is 0 Å². The van der Waals surface area contributed by atoms with Gasteiger partial charge in [-0.25, -0.2) is 0 Å². The topological polar surface area (TPSA) is 48.9 Å². The molecule has 0 spiro atoms. The molecule has 0 aromatic heterocycles. The molecule has 0 saturated carbocycles. The maximum Gasteiger partial charge on any atom is 0.191 e. The molecule has 1 unspecified atom stereocenters. The highest BCUT2D eigenvalue weighted by Crippen LogP contribution is 1.85. The molecule has 0 radical (unpaired) electrons. The van der Waals surface area contributed by atoms with Crippen LogP contribution in [0.1, 0.15) is 20.8 Å². The molecule has 0 aliphatic heterocycles. The largest absolute Gasteiger partial charge is 0.383 e. The Labute approximate surface area is 129 Å². The second-order valence-electron chi connectivity index (χ2n) is 4.16. The Kier molecular flexibility index (Phi) is 15.0. The summed E-state index contributed by atoms with van der Waals surface area (Å²) in [6.07, 6.45) is 0. The summed E-state index contributed by atoms with van der Waals surface area (Å²) in [5.41, 5.74) is 0. The second kappa shape index (κ2) is 13.4. The summed E-state index contributed by atoms with van der Waals surface area (Å²) in [7, 11) is 3.81. The Bertz CT molecular complexity index is 214. The fourth-order valence-corrected chi connectivity index (χ4v) is 1.34. The zero-order valence-electron chi connectivity index (χ0n) is 12.3. The lowest BCUT2D eigenvalue weighted by Crippen LogP contribution is -2.44. The molecule has 0 fully saturated rings. The lowest BCUT2D eigenvalue weighted by molar-refractivity contribution is 0.179. The summed E-state index contributed by atoms with van der Waals surface area (Å²) in [6.45, 7) is 10.7. The van der Waals surface area contributed by atoms with Gasteiger partial charge >= 0.3 is 0 Å². The first kappa shape index (κ1) is 20.2. The Balaban J connectivity index is 0. The van der Waals surface area contributed by atoms with Gasteiger partial charge in [0.1, 0.15) is 0 Å². The first-order valence-electron chi connectivity index (χ1n) is 6.36. The van der Waals surface area contributed by atoms with Crippen molar-refractivity contribution in [2.45, 2.75) is 26.8 Å². The summed E-state index contributed by atoms with van der Waals surface area (Å²) >= 11 is 0. The van der Waals surface area contributed by atoms with Crippen molar-refractivity contribution in [1.82, 2.24) is 15.5 Å². The smallest absolute Gasteiger partial charge is 0.191 e. The Morgan fingerprint density at radius 1 is 1.39 bits per heavy atom. The van der Waals surface area contributed by atoms with Crippen LogP contribution in [0.2, 0.25) is 0 Å². The number of ether oxygens (including phenoxy) is 1. The number of nitrogens with zero attached hydrogens (tertiary/aromatic N) is 2. The maximum atomic E-state index is 5.09. The monoisotopic (exact) mass is 372 g/mol. The third-order valence-corrected chi connectivity index (χ3v) is 2.44. The van der Waals surface area contributed by atoms with Gasteiger partial charge in [-0.3, -0.25) is 4.99 Å². The lowest BCUT2D eigenvalue weighted by atomic mass is 10.4. The third kappa shape index (κ3) is 11.0. The van der Waals surface area contributed by atoms with E-state index >= 15 is 0 Å². The van der Waals surface area contributed by atoms with E-state index in [1.165, 1.54) is 0 Å². The van der Waals surface area contributed by atoms with Gasteiger partial charge in [0.15, 0.2) is 5.96 Å². The van der Waals surface area contributed by atoms with E-state index < -0.39 is 0 Å². The first-order valence-corrected chi connectivity index (χ1v) is 6.36. The van der Waals surface area contributed by atoms with E-state index in [0.29, 0.717) is 6.61 Å². The van der Waals surface area contributed by atoms with Crippen LogP contribution in [0.15, 0.2) is 4.99 Å². The standard InChI is InChI=1S/C12H28N4O.HI/c1-6-13-12(15-11(3)10-17-5)14-8-9-16(4)7-2;/h11H,6-10H2,1-5H3,(H2,13,14,15);1H. The average molecular weight is 372 g/mol. The quantitative estimate of drug-likeness (QED) is 0.381. The van der Waals surface area contributed by atoms with Gasteiger partial charge in [-0.05, 0) is 27.4 Å². The molecule has 110 valence electrons. The van der Waals surface area contributed by atoms with Crippen molar-refractivity contribution in [3.05, 3.63) is 0 Å². The predicted molar refractivity (Wildman–Crippen MR) is 89.0 cm³/mol. The van der Waals surface area contributed by atoms with Crippen LogP contribution in [-0.4, -0.2) is 63.8 Å². The van der Waals surface area contributed by atoms with Crippen molar-refractivity contribution in [2.24, 2.45) is 4.99 Å². The van der Waals surface area contributed by atoms with Gasteiger partial charge in [0.2, 0.25) is 0 Å². The molecule has 0 heterocycles. The summed E-state index contributed by atoms with van der Waals surface area (Å²) in [5, 5.41) is 6.53. The third-order valence-electron chi connectivity index (χ3n) is 2.44. The minimum atomic E-state index is 0. The fourth-order valence-electron chi connectivity index (χ4n) is 1.34. The highest BCUT2D eigenvalue weighted by molar-refractivity contribution is 14.0. The fraction of sp³-hybridized carbons (Fsp3) is 0.917. The number of rotatable bonds is 8. The van der Waals surface area contributed by atoms with Crippen LogP contribution in [0.25, 0.3) is 0 Å². The molecular formula is C12H29IN4O. The normalized spacial score (nSPS) is 13.1. The highest BCUT2D eigenvalue weighted by Gasteiger charge is 2.03. The van der Waals surface area contributed by atoms with Crippen molar-refractivity contribution in [2.75, 3.05) is 46.9 Å². The van der Waals surface area contributed by atoms with Crippen molar-refractivity contribution in [3.63, 3.8) is 0 Å². The van der Waals surface area contributed by atoms with Gasteiger partial charge in [0.05, 0.1) is 13.2 Å². The van der Waals surface area contributed by atoms with Crippen molar-refractivity contribution in [3.8, 4) is 0 Å². The zero-order chi connectivity index (χ0) is 13.1. The molecule has 0 amide bonds. The molecule has 2 N–H and O–H groups in total. The molecule has 6 heteroatoms. The summed E-state index contributed by atoms with van der Waals surface area (Å²) in [6, 6.07) is 0.265. The number of halogens is 1. The molecule has 0 bridgehead atoms. The Morgan fingerprint density at radius 3 is 2.56 bits per heavy atom. The lowest BCUT2D eigenvalue weighted by Gasteiger charge is -2.17.